The molecule has 0 unspecified atom stereocenters. The predicted molar refractivity (Wildman–Crippen MR) is 69.8 cm³/mol. The van der Waals surface area contributed by atoms with E-state index in [2.05, 4.69) is 13.0 Å². The van der Waals surface area contributed by atoms with Gasteiger partial charge in [0, 0.05) is 6.07 Å². The minimum atomic E-state index is 0.746. The SMILES string of the molecule is COc1cc(C)cc(OCC2CCCCC2)c1. The second-order valence-electron chi connectivity index (χ2n) is 5.00. The first-order valence-electron chi connectivity index (χ1n) is 6.56. The summed E-state index contributed by atoms with van der Waals surface area (Å²) in [5.41, 5.74) is 1.18. The maximum atomic E-state index is 5.89. The predicted octanol–water partition coefficient (Wildman–Crippen LogP) is 3.96. The van der Waals surface area contributed by atoms with Gasteiger partial charge in [0.2, 0.25) is 0 Å². The monoisotopic (exact) mass is 234 g/mol. The molecule has 1 fully saturated rings. The molecule has 0 bridgehead atoms. The van der Waals surface area contributed by atoms with Crippen LogP contribution >= 0.6 is 0 Å². The fraction of sp³-hybridized carbons (Fsp3) is 0.600. The lowest BCUT2D eigenvalue weighted by atomic mass is 9.90. The fourth-order valence-electron chi connectivity index (χ4n) is 2.48. The highest BCUT2D eigenvalue weighted by Gasteiger charge is 2.14. The molecule has 1 saturated carbocycles. The van der Waals surface area contributed by atoms with E-state index in [-0.39, 0.29) is 0 Å². The Bertz CT molecular complexity index is 354. The lowest BCUT2D eigenvalue weighted by Crippen LogP contribution is -2.15. The number of ether oxygens (including phenoxy) is 2. The van der Waals surface area contributed by atoms with E-state index in [0.29, 0.717) is 0 Å². The van der Waals surface area contributed by atoms with E-state index in [4.69, 9.17) is 9.47 Å². The van der Waals surface area contributed by atoms with Crippen LogP contribution in [0.5, 0.6) is 11.5 Å². The summed E-state index contributed by atoms with van der Waals surface area (Å²) in [5.74, 6) is 2.56. The van der Waals surface area contributed by atoms with Crippen molar-refractivity contribution in [2.75, 3.05) is 13.7 Å². The minimum absolute atomic E-state index is 0.746. The molecule has 1 aromatic carbocycles. The van der Waals surface area contributed by atoms with Crippen molar-refractivity contribution in [3.8, 4) is 11.5 Å². The molecule has 17 heavy (non-hydrogen) atoms. The van der Waals surface area contributed by atoms with Crippen LogP contribution in [-0.2, 0) is 0 Å². The Morgan fingerprint density at radius 2 is 1.76 bits per heavy atom. The van der Waals surface area contributed by atoms with E-state index in [9.17, 15) is 0 Å². The minimum Gasteiger partial charge on any atom is -0.497 e. The molecule has 1 aliphatic rings. The van der Waals surface area contributed by atoms with E-state index >= 15 is 0 Å². The van der Waals surface area contributed by atoms with Gasteiger partial charge in [0.15, 0.2) is 0 Å². The molecule has 2 nitrogen and oxygen atoms in total. The molecule has 0 N–H and O–H groups in total. The van der Waals surface area contributed by atoms with Gasteiger partial charge in [-0.2, -0.15) is 0 Å². The lowest BCUT2D eigenvalue weighted by molar-refractivity contribution is 0.208. The Labute approximate surface area is 104 Å². The Morgan fingerprint density at radius 1 is 1.06 bits per heavy atom. The van der Waals surface area contributed by atoms with Crippen molar-refractivity contribution in [2.24, 2.45) is 5.92 Å². The highest BCUT2D eigenvalue weighted by atomic mass is 16.5. The molecule has 0 radical (unpaired) electrons. The molecular formula is C15H22O2. The summed E-state index contributed by atoms with van der Waals surface area (Å²) in [6.07, 6.45) is 6.77. The van der Waals surface area contributed by atoms with E-state index in [0.717, 1.165) is 24.0 Å². The van der Waals surface area contributed by atoms with Crippen LogP contribution in [0, 0.1) is 12.8 Å². The zero-order valence-corrected chi connectivity index (χ0v) is 10.9. The molecule has 0 saturated heterocycles. The molecule has 1 aliphatic carbocycles. The number of aryl methyl sites for hydroxylation is 1. The Balaban J connectivity index is 1.91. The van der Waals surface area contributed by atoms with Crippen molar-refractivity contribution in [3.05, 3.63) is 23.8 Å². The van der Waals surface area contributed by atoms with Crippen LogP contribution in [0.3, 0.4) is 0 Å². The van der Waals surface area contributed by atoms with Gasteiger partial charge in [-0.3, -0.25) is 0 Å². The van der Waals surface area contributed by atoms with E-state index in [1.807, 2.05) is 12.1 Å². The van der Waals surface area contributed by atoms with Gasteiger partial charge in [-0.15, -0.1) is 0 Å². The average Bonchev–Trinajstić information content (AvgIpc) is 2.37. The lowest BCUT2D eigenvalue weighted by Gasteiger charge is -2.21. The van der Waals surface area contributed by atoms with Gasteiger partial charge in [-0.25, -0.2) is 0 Å². The molecule has 2 heteroatoms. The number of benzene rings is 1. The third-order valence-corrected chi connectivity index (χ3v) is 3.47. The second kappa shape index (κ2) is 5.95. The molecule has 0 heterocycles. The number of hydrogen-bond donors (Lipinski definition) is 0. The van der Waals surface area contributed by atoms with Crippen LogP contribution in [0.25, 0.3) is 0 Å². The standard InChI is InChI=1S/C15H22O2/c1-12-8-14(16-2)10-15(9-12)17-11-13-6-4-3-5-7-13/h8-10,13H,3-7,11H2,1-2H3. The topological polar surface area (TPSA) is 18.5 Å². The average molecular weight is 234 g/mol. The molecule has 94 valence electrons. The van der Waals surface area contributed by atoms with Gasteiger partial charge in [0.05, 0.1) is 13.7 Å². The number of rotatable bonds is 4. The molecule has 2 rings (SSSR count). The Kier molecular flexibility index (Phi) is 4.29. The molecule has 0 aromatic heterocycles. The highest BCUT2D eigenvalue weighted by Crippen LogP contribution is 2.26. The van der Waals surface area contributed by atoms with Crippen molar-refractivity contribution >= 4 is 0 Å². The third-order valence-electron chi connectivity index (χ3n) is 3.47. The molecule has 0 spiro atoms. The Morgan fingerprint density at radius 3 is 2.47 bits per heavy atom. The normalized spacial score (nSPS) is 16.8. The van der Waals surface area contributed by atoms with Gasteiger partial charge in [0.1, 0.15) is 11.5 Å². The summed E-state index contributed by atoms with van der Waals surface area (Å²) in [6.45, 7) is 2.92. The summed E-state index contributed by atoms with van der Waals surface area (Å²) in [6, 6.07) is 6.06. The van der Waals surface area contributed by atoms with E-state index in [1.165, 1.54) is 37.7 Å². The molecule has 0 amide bonds. The zero-order valence-electron chi connectivity index (χ0n) is 10.9. The van der Waals surface area contributed by atoms with Crippen molar-refractivity contribution in [1.29, 1.82) is 0 Å². The number of hydrogen-bond acceptors (Lipinski definition) is 2. The van der Waals surface area contributed by atoms with Crippen LogP contribution < -0.4 is 9.47 Å². The summed E-state index contributed by atoms with van der Waals surface area (Å²) >= 11 is 0. The van der Waals surface area contributed by atoms with E-state index in [1.54, 1.807) is 7.11 Å². The molecule has 0 aliphatic heterocycles. The highest BCUT2D eigenvalue weighted by molar-refractivity contribution is 5.37. The maximum Gasteiger partial charge on any atom is 0.123 e. The van der Waals surface area contributed by atoms with E-state index < -0.39 is 0 Å². The quantitative estimate of drug-likeness (QED) is 0.785. The van der Waals surface area contributed by atoms with Crippen molar-refractivity contribution in [2.45, 2.75) is 39.0 Å². The Hall–Kier alpha value is -1.18. The molecular weight excluding hydrogens is 212 g/mol. The summed E-state index contributed by atoms with van der Waals surface area (Å²) < 4.78 is 11.1. The summed E-state index contributed by atoms with van der Waals surface area (Å²) in [5, 5.41) is 0. The van der Waals surface area contributed by atoms with Crippen LogP contribution in [0.15, 0.2) is 18.2 Å². The van der Waals surface area contributed by atoms with Crippen molar-refractivity contribution in [1.82, 2.24) is 0 Å². The first-order chi connectivity index (χ1) is 8.28. The van der Waals surface area contributed by atoms with Crippen LogP contribution in [-0.4, -0.2) is 13.7 Å². The second-order valence-corrected chi connectivity index (χ2v) is 5.00. The van der Waals surface area contributed by atoms with Gasteiger partial charge >= 0.3 is 0 Å². The van der Waals surface area contributed by atoms with Gasteiger partial charge in [-0.1, -0.05) is 19.3 Å². The fourth-order valence-corrected chi connectivity index (χ4v) is 2.48. The van der Waals surface area contributed by atoms with Gasteiger partial charge in [-0.05, 0) is 43.4 Å². The largest absolute Gasteiger partial charge is 0.497 e. The first-order valence-corrected chi connectivity index (χ1v) is 6.56. The number of methoxy groups -OCH3 is 1. The molecule has 0 atom stereocenters. The smallest absolute Gasteiger partial charge is 0.123 e. The van der Waals surface area contributed by atoms with Crippen molar-refractivity contribution < 1.29 is 9.47 Å². The van der Waals surface area contributed by atoms with Crippen LogP contribution in [0.1, 0.15) is 37.7 Å². The van der Waals surface area contributed by atoms with Gasteiger partial charge in [0.25, 0.3) is 0 Å². The van der Waals surface area contributed by atoms with Crippen LogP contribution in [0.2, 0.25) is 0 Å². The summed E-state index contributed by atoms with van der Waals surface area (Å²) in [7, 11) is 1.69. The van der Waals surface area contributed by atoms with Crippen LogP contribution in [0.4, 0.5) is 0 Å². The summed E-state index contributed by atoms with van der Waals surface area (Å²) in [4.78, 5) is 0. The zero-order chi connectivity index (χ0) is 12.1. The van der Waals surface area contributed by atoms with Crippen molar-refractivity contribution in [3.63, 3.8) is 0 Å². The van der Waals surface area contributed by atoms with Gasteiger partial charge < -0.3 is 9.47 Å². The first kappa shape index (κ1) is 12.3. The maximum absolute atomic E-state index is 5.89. The third kappa shape index (κ3) is 3.65. The molecule has 1 aromatic rings.